The fourth-order valence-corrected chi connectivity index (χ4v) is 2.80. The molecule has 3 aromatic rings. The van der Waals surface area contributed by atoms with Crippen LogP contribution in [0.3, 0.4) is 0 Å². The first-order valence-electron chi connectivity index (χ1n) is 8.54. The molecule has 0 saturated carbocycles. The molecule has 1 amide bonds. The van der Waals surface area contributed by atoms with E-state index in [0.717, 1.165) is 28.9 Å². The summed E-state index contributed by atoms with van der Waals surface area (Å²) in [5.41, 5.74) is 5.97. The Morgan fingerprint density at radius 1 is 1.08 bits per heavy atom. The van der Waals surface area contributed by atoms with Gasteiger partial charge in [-0.2, -0.15) is 0 Å². The van der Waals surface area contributed by atoms with Gasteiger partial charge < -0.3 is 9.84 Å². The molecule has 2 aromatic carbocycles. The number of anilines is 1. The first kappa shape index (κ1) is 17.0. The van der Waals surface area contributed by atoms with Crippen LogP contribution in [-0.2, 0) is 11.2 Å². The maximum absolute atomic E-state index is 12.0. The molecule has 0 aliphatic heterocycles. The number of amides is 1. The second-order valence-electron chi connectivity index (χ2n) is 6.30. The number of carbonyl (C=O) groups excluding carboxylic acids is 1. The maximum Gasteiger partial charge on any atom is 0.226 e. The van der Waals surface area contributed by atoms with Gasteiger partial charge in [-0.25, -0.2) is 0 Å². The average molecular weight is 334 g/mol. The van der Waals surface area contributed by atoms with Crippen molar-refractivity contribution in [3.05, 3.63) is 60.4 Å². The molecule has 4 heteroatoms. The average Bonchev–Trinajstić information content (AvgIpc) is 3.16. The van der Waals surface area contributed by atoms with E-state index in [-0.39, 0.29) is 11.8 Å². The van der Waals surface area contributed by atoms with Crippen molar-refractivity contribution in [3.8, 4) is 22.4 Å². The summed E-state index contributed by atoms with van der Waals surface area (Å²) in [6, 6.07) is 16.1. The zero-order valence-corrected chi connectivity index (χ0v) is 14.7. The third kappa shape index (κ3) is 3.63. The Labute approximate surface area is 147 Å². The highest BCUT2D eigenvalue weighted by Crippen LogP contribution is 2.35. The molecule has 1 heterocycles. The van der Waals surface area contributed by atoms with Crippen LogP contribution in [0.5, 0.6) is 0 Å². The van der Waals surface area contributed by atoms with Gasteiger partial charge in [0.25, 0.3) is 0 Å². The first-order valence-corrected chi connectivity index (χ1v) is 8.54. The van der Waals surface area contributed by atoms with E-state index in [1.165, 1.54) is 11.1 Å². The van der Waals surface area contributed by atoms with Crippen molar-refractivity contribution < 1.29 is 9.32 Å². The smallest absolute Gasteiger partial charge is 0.226 e. The van der Waals surface area contributed by atoms with Crippen LogP contribution in [0.25, 0.3) is 22.4 Å². The predicted octanol–water partition coefficient (Wildman–Crippen LogP) is 5.17. The summed E-state index contributed by atoms with van der Waals surface area (Å²) < 4.78 is 5.04. The Balaban J connectivity index is 2.11. The summed E-state index contributed by atoms with van der Waals surface area (Å²) >= 11 is 0. The van der Waals surface area contributed by atoms with Gasteiger partial charge in [0.1, 0.15) is 12.0 Å². The molecule has 0 bridgehead atoms. The first-order chi connectivity index (χ1) is 12.1. The second-order valence-corrected chi connectivity index (χ2v) is 6.30. The van der Waals surface area contributed by atoms with Crippen LogP contribution in [-0.4, -0.2) is 11.1 Å². The van der Waals surface area contributed by atoms with Gasteiger partial charge in [-0.1, -0.05) is 56.3 Å². The Morgan fingerprint density at radius 3 is 2.56 bits per heavy atom. The van der Waals surface area contributed by atoms with E-state index >= 15 is 0 Å². The van der Waals surface area contributed by atoms with Gasteiger partial charge in [-0.05, 0) is 35.2 Å². The summed E-state index contributed by atoms with van der Waals surface area (Å²) in [6.45, 7) is 5.89. The normalized spacial score (nSPS) is 10.9. The van der Waals surface area contributed by atoms with Crippen molar-refractivity contribution in [2.75, 3.05) is 5.32 Å². The molecule has 0 spiro atoms. The molecule has 0 radical (unpaired) electrons. The largest absolute Gasteiger partial charge is 0.364 e. The van der Waals surface area contributed by atoms with Crippen molar-refractivity contribution in [1.29, 1.82) is 0 Å². The quantitative estimate of drug-likeness (QED) is 0.700. The Kier molecular flexibility index (Phi) is 4.98. The van der Waals surface area contributed by atoms with E-state index in [0.29, 0.717) is 0 Å². The summed E-state index contributed by atoms with van der Waals surface area (Å²) in [4.78, 5) is 12.0. The van der Waals surface area contributed by atoms with Crippen LogP contribution in [0, 0.1) is 5.92 Å². The van der Waals surface area contributed by atoms with Gasteiger partial charge in [0.2, 0.25) is 5.91 Å². The number of hydrogen-bond acceptors (Lipinski definition) is 3. The zero-order valence-electron chi connectivity index (χ0n) is 14.7. The van der Waals surface area contributed by atoms with Gasteiger partial charge in [-0.15, -0.1) is 0 Å². The van der Waals surface area contributed by atoms with Crippen LogP contribution in [0.1, 0.15) is 26.3 Å². The van der Waals surface area contributed by atoms with Crippen molar-refractivity contribution >= 4 is 11.6 Å². The number of hydrogen-bond donors (Lipinski definition) is 1. The number of nitrogens with one attached hydrogen (secondary N) is 1. The van der Waals surface area contributed by atoms with E-state index in [2.05, 4.69) is 35.6 Å². The minimum Gasteiger partial charge on any atom is -0.364 e. The van der Waals surface area contributed by atoms with Gasteiger partial charge >= 0.3 is 0 Å². The van der Waals surface area contributed by atoms with Crippen LogP contribution >= 0.6 is 0 Å². The lowest BCUT2D eigenvalue weighted by molar-refractivity contribution is -0.118. The molecule has 0 unspecified atom stereocenters. The standard InChI is InChI=1S/C21H22N2O2/c1-4-15-7-5-6-8-17(15)18-10-9-16(22-21(24)14(2)3)13-19(18)20-11-12-25-23-20/h5-14H,4H2,1-3H3,(H,22,24). The third-order valence-corrected chi connectivity index (χ3v) is 4.21. The van der Waals surface area contributed by atoms with Crippen LogP contribution in [0.2, 0.25) is 0 Å². The summed E-state index contributed by atoms with van der Waals surface area (Å²) in [5, 5.41) is 7.05. The van der Waals surface area contributed by atoms with Gasteiger partial charge in [0.15, 0.2) is 0 Å². The second kappa shape index (κ2) is 7.34. The number of benzene rings is 2. The monoisotopic (exact) mass is 334 g/mol. The van der Waals surface area contributed by atoms with E-state index in [1.54, 1.807) is 6.26 Å². The van der Waals surface area contributed by atoms with Crippen molar-refractivity contribution in [2.24, 2.45) is 5.92 Å². The molecule has 0 aliphatic rings. The van der Waals surface area contributed by atoms with Crippen molar-refractivity contribution in [2.45, 2.75) is 27.2 Å². The van der Waals surface area contributed by atoms with Crippen LogP contribution in [0.4, 0.5) is 5.69 Å². The lowest BCUT2D eigenvalue weighted by atomic mass is 9.92. The summed E-state index contributed by atoms with van der Waals surface area (Å²) in [5.74, 6) is -0.0798. The van der Waals surface area contributed by atoms with E-state index in [4.69, 9.17) is 4.52 Å². The van der Waals surface area contributed by atoms with E-state index < -0.39 is 0 Å². The lowest BCUT2D eigenvalue weighted by Gasteiger charge is -2.14. The Hall–Kier alpha value is -2.88. The number of aromatic nitrogens is 1. The molecule has 128 valence electrons. The molecule has 0 saturated heterocycles. The van der Waals surface area contributed by atoms with Gasteiger partial charge in [-0.3, -0.25) is 4.79 Å². The fraction of sp³-hybridized carbons (Fsp3) is 0.238. The maximum atomic E-state index is 12.0. The molecule has 0 fully saturated rings. The molecule has 1 N–H and O–H groups in total. The molecule has 4 nitrogen and oxygen atoms in total. The topological polar surface area (TPSA) is 55.1 Å². The molecular formula is C21H22N2O2. The highest BCUT2D eigenvalue weighted by atomic mass is 16.5. The van der Waals surface area contributed by atoms with E-state index in [9.17, 15) is 4.79 Å². The summed E-state index contributed by atoms with van der Waals surface area (Å²) in [7, 11) is 0. The Morgan fingerprint density at radius 2 is 1.88 bits per heavy atom. The minimum atomic E-state index is -0.0732. The van der Waals surface area contributed by atoms with Crippen molar-refractivity contribution in [1.82, 2.24) is 5.16 Å². The van der Waals surface area contributed by atoms with Gasteiger partial charge in [0.05, 0.1) is 0 Å². The van der Waals surface area contributed by atoms with Crippen LogP contribution in [0.15, 0.2) is 59.3 Å². The predicted molar refractivity (Wildman–Crippen MR) is 100 cm³/mol. The van der Waals surface area contributed by atoms with Gasteiger partial charge in [0, 0.05) is 23.2 Å². The Bertz CT molecular complexity index is 867. The highest BCUT2D eigenvalue weighted by Gasteiger charge is 2.15. The molecule has 0 aliphatic carbocycles. The minimum absolute atomic E-state index is 0.00666. The summed E-state index contributed by atoms with van der Waals surface area (Å²) in [6.07, 6.45) is 2.50. The van der Waals surface area contributed by atoms with E-state index in [1.807, 2.05) is 44.2 Å². The number of rotatable bonds is 5. The SMILES string of the molecule is CCc1ccccc1-c1ccc(NC(=O)C(C)C)cc1-c1ccon1. The third-order valence-electron chi connectivity index (χ3n) is 4.21. The number of nitrogens with zero attached hydrogens (tertiary/aromatic N) is 1. The lowest BCUT2D eigenvalue weighted by Crippen LogP contribution is -2.17. The highest BCUT2D eigenvalue weighted by molar-refractivity contribution is 5.94. The number of aryl methyl sites for hydroxylation is 1. The molecular weight excluding hydrogens is 312 g/mol. The number of carbonyl (C=O) groups is 1. The van der Waals surface area contributed by atoms with Crippen LogP contribution < -0.4 is 5.32 Å². The molecule has 0 atom stereocenters. The molecule has 3 rings (SSSR count). The van der Waals surface area contributed by atoms with Crippen molar-refractivity contribution in [3.63, 3.8) is 0 Å². The fourth-order valence-electron chi connectivity index (χ4n) is 2.80. The molecule has 25 heavy (non-hydrogen) atoms. The molecule has 1 aromatic heterocycles. The zero-order chi connectivity index (χ0) is 17.8.